The lowest BCUT2D eigenvalue weighted by atomic mass is 10.0. The molecule has 0 aliphatic heterocycles. The number of aromatic amines is 1. The second-order valence-corrected chi connectivity index (χ2v) is 6.01. The number of hydrogen-bond donors (Lipinski definition) is 2. The Hall–Kier alpha value is -1.59. The molecule has 0 saturated heterocycles. The fourth-order valence-electron chi connectivity index (χ4n) is 2.06. The van der Waals surface area contributed by atoms with Crippen LogP contribution in [0.2, 0.25) is 0 Å². The van der Waals surface area contributed by atoms with Gasteiger partial charge in [0.2, 0.25) is 0 Å². The topological polar surface area (TPSA) is 54.7 Å². The highest BCUT2D eigenvalue weighted by molar-refractivity contribution is 9.10. The second kappa shape index (κ2) is 4.83. The molecule has 5 heteroatoms. The summed E-state index contributed by atoms with van der Waals surface area (Å²) >= 11 is 5.30. The Morgan fingerprint density at radius 3 is 2.84 bits per heavy atom. The molecular weight excluding hydrogens is 322 g/mol. The summed E-state index contributed by atoms with van der Waals surface area (Å²) in [6, 6.07) is 10.2. The van der Waals surface area contributed by atoms with Crippen molar-refractivity contribution in [2.45, 2.75) is 6.92 Å². The van der Waals surface area contributed by atoms with Gasteiger partial charge in [-0.05, 0) is 39.9 Å². The monoisotopic (exact) mass is 333 g/mol. The van der Waals surface area contributed by atoms with Gasteiger partial charge in [-0.2, -0.15) is 5.10 Å². The molecule has 0 aliphatic carbocycles. The van der Waals surface area contributed by atoms with E-state index in [0.717, 1.165) is 26.2 Å². The first-order valence-electron chi connectivity index (χ1n) is 5.81. The van der Waals surface area contributed by atoms with E-state index in [9.17, 15) is 0 Å². The summed E-state index contributed by atoms with van der Waals surface area (Å²) in [4.78, 5) is 1.12. The van der Waals surface area contributed by atoms with Gasteiger partial charge in [-0.1, -0.05) is 24.3 Å². The Morgan fingerprint density at radius 2 is 2.11 bits per heavy atom. The molecule has 0 spiro atoms. The van der Waals surface area contributed by atoms with Crippen LogP contribution < -0.4 is 5.73 Å². The van der Waals surface area contributed by atoms with Crippen molar-refractivity contribution in [2.75, 3.05) is 5.73 Å². The number of nitrogens with zero attached hydrogens (tertiary/aromatic N) is 1. The zero-order chi connectivity index (χ0) is 13.4. The van der Waals surface area contributed by atoms with Gasteiger partial charge in [-0.25, -0.2) is 0 Å². The Bertz CT molecular complexity index is 716. The zero-order valence-electron chi connectivity index (χ0n) is 10.3. The van der Waals surface area contributed by atoms with Gasteiger partial charge in [0.15, 0.2) is 5.82 Å². The predicted octanol–water partition coefficient (Wildman–Crippen LogP) is 4.46. The van der Waals surface area contributed by atoms with Gasteiger partial charge in [-0.15, -0.1) is 11.3 Å². The summed E-state index contributed by atoms with van der Waals surface area (Å²) in [6.45, 7) is 2.07. The van der Waals surface area contributed by atoms with Crippen LogP contribution in [0.5, 0.6) is 0 Å². The van der Waals surface area contributed by atoms with E-state index in [4.69, 9.17) is 5.73 Å². The normalized spacial score (nSPS) is 10.8. The van der Waals surface area contributed by atoms with Crippen molar-refractivity contribution < 1.29 is 0 Å². The van der Waals surface area contributed by atoms with Crippen LogP contribution in [0.15, 0.2) is 40.2 Å². The molecule has 0 radical (unpaired) electrons. The van der Waals surface area contributed by atoms with Gasteiger partial charge in [-0.3, -0.25) is 5.10 Å². The minimum absolute atomic E-state index is 0.533. The van der Waals surface area contributed by atoms with Crippen molar-refractivity contribution in [3.63, 3.8) is 0 Å². The van der Waals surface area contributed by atoms with Crippen LogP contribution in [0.4, 0.5) is 5.82 Å². The number of thiophene rings is 1. The quantitative estimate of drug-likeness (QED) is 0.727. The van der Waals surface area contributed by atoms with Crippen molar-refractivity contribution in [1.29, 1.82) is 0 Å². The molecule has 3 rings (SSSR count). The van der Waals surface area contributed by atoms with Gasteiger partial charge in [0, 0.05) is 14.9 Å². The van der Waals surface area contributed by atoms with Gasteiger partial charge in [0.1, 0.15) is 0 Å². The number of nitrogen functional groups attached to an aromatic ring is 1. The van der Waals surface area contributed by atoms with Crippen molar-refractivity contribution in [2.24, 2.45) is 0 Å². The third-order valence-corrected chi connectivity index (χ3v) is 4.96. The standard InChI is InChI=1S/C14H12BrN3S/c1-8-4-2-5-9(12(8)15)13-11(14(16)18-17-13)10-6-3-7-19-10/h2-7H,1H3,(H3,16,17,18). The summed E-state index contributed by atoms with van der Waals surface area (Å²) in [5.74, 6) is 0.533. The lowest BCUT2D eigenvalue weighted by Gasteiger charge is -2.07. The van der Waals surface area contributed by atoms with Gasteiger partial charge >= 0.3 is 0 Å². The van der Waals surface area contributed by atoms with E-state index in [0.29, 0.717) is 5.82 Å². The molecule has 0 aliphatic rings. The largest absolute Gasteiger partial charge is 0.382 e. The molecule has 19 heavy (non-hydrogen) atoms. The number of hydrogen-bond acceptors (Lipinski definition) is 3. The van der Waals surface area contributed by atoms with Crippen molar-refractivity contribution in [3.05, 3.63) is 45.7 Å². The third-order valence-electron chi connectivity index (χ3n) is 3.02. The van der Waals surface area contributed by atoms with Crippen molar-refractivity contribution in [3.8, 4) is 21.7 Å². The average Bonchev–Trinajstić information content (AvgIpc) is 3.02. The van der Waals surface area contributed by atoms with Crippen LogP contribution in [-0.2, 0) is 0 Å². The first-order valence-corrected chi connectivity index (χ1v) is 7.49. The summed E-state index contributed by atoms with van der Waals surface area (Å²) in [7, 11) is 0. The fourth-order valence-corrected chi connectivity index (χ4v) is 3.31. The summed E-state index contributed by atoms with van der Waals surface area (Å²) in [5, 5.41) is 9.25. The fraction of sp³-hybridized carbons (Fsp3) is 0.0714. The van der Waals surface area contributed by atoms with Crippen LogP contribution >= 0.6 is 27.3 Å². The van der Waals surface area contributed by atoms with E-state index >= 15 is 0 Å². The highest BCUT2D eigenvalue weighted by Gasteiger charge is 2.17. The molecule has 3 N–H and O–H groups in total. The molecule has 3 aromatic rings. The maximum Gasteiger partial charge on any atom is 0.154 e. The lowest BCUT2D eigenvalue weighted by Crippen LogP contribution is -1.88. The summed E-state index contributed by atoms with van der Waals surface area (Å²) in [6.07, 6.45) is 0. The van der Waals surface area contributed by atoms with Crippen LogP contribution in [-0.4, -0.2) is 10.2 Å². The SMILES string of the molecule is Cc1cccc(-c2[nH]nc(N)c2-c2cccs2)c1Br. The first kappa shape index (κ1) is 12.4. The number of halogens is 1. The molecule has 0 saturated carbocycles. The Labute approximate surface area is 123 Å². The number of anilines is 1. The molecule has 3 nitrogen and oxygen atoms in total. The molecule has 1 aromatic carbocycles. The van der Waals surface area contributed by atoms with Crippen LogP contribution in [0, 0.1) is 6.92 Å². The number of benzene rings is 1. The van der Waals surface area contributed by atoms with Gasteiger partial charge < -0.3 is 5.73 Å². The molecule has 0 unspecified atom stereocenters. The maximum atomic E-state index is 6.01. The van der Waals surface area contributed by atoms with E-state index in [1.165, 1.54) is 5.56 Å². The molecule has 2 heterocycles. The summed E-state index contributed by atoms with van der Waals surface area (Å²) < 4.78 is 1.07. The number of aromatic nitrogens is 2. The lowest BCUT2D eigenvalue weighted by molar-refractivity contribution is 1.10. The molecule has 96 valence electrons. The third kappa shape index (κ3) is 2.09. The Kier molecular flexibility index (Phi) is 3.16. The second-order valence-electron chi connectivity index (χ2n) is 4.27. The van der Waals surface area contributed by atoms with Crippen molar-refractivity contribution >= 4 is 33.1 Å². The molecular formula is C14H12BrN3S. The maximum absolute atomic E-state index is 6.01. The number of nitrogens with one attached hydrogen (secondary N) is 1. The Balaban J connectivity index is 2.25. The molecule has 0 bridgehead atoms. The van der Waals surface area contributed by atoms with E-state index in [1.54, 1.807) is 11.3 Å². The molecule has 0 atom stereocenters. The minimum atomic E-state index is 0.533. The first-order chi connectivity index (χ1) is 9.18. The van der Waals surface area contributed by atoms with Crippen LogP contribution in [0.3, 0.4) is 0 Å². The van der Waals surface area contributed by atoms with Crippen molar-refractivity contribution in [1.82, 2.24) is 10.2 Å². The van der Waals surface area contributed by atoms with Gasteiger partial charge in [0.05, 0.1) is 11.3 Å². The Morgan fingerprint density at radius 1 is 1.26 bits per heavy atom. The number of rotatable bonds is 2. The van der Waals surface area contributed by atoms with E-state index < -0.39 is 0 Å². The zero-order valence-corrected chi connectivity index (χ0v) is 12.7. The summed E-state index contributed by atoms with van der Waals surface area (Å²) in [5.41, 5.74) is 10.2. The van der Waals surface area contributed by atoms with E-state index in [-0.39, 0.29) is 0 Å². The van der Waals surface area contributed by atoms with Crippen LogP contribution in [0.1, 0.15) is 5.56 Å². The number of nitrogens with two attached hydrogens (primary N) is 1. The molecule has 2 aromatic heterocycles. The number of H-pyrrole nitrogens is 1. The minimum Gasteiger partial charge on any atom is -0.382 e. The highest BCUT2D eigenvalue weighted by atomic mass is 79.9. The smallest absolute Gasteiger partial charge is 0.154 e. The molecule has 0 amide bonds. The van der Waals surface area contributed by atoms with E-state index in [1.807, 2.05) is 17.5 Å². The van der Waals surface area contributed by atoms with E-state index in [2.05, 4.69) is 51.3 Å². The highest BCUT2D eigenvalue weighted by Crippen LogP contribution is 2.40. The predicted molar refractivity (Wildman–Crippen MR) is 84.2 cm³/mol. The van der Waals surface area contributed by atoms with Gasteiger partial charge in [0.25, 0.3) is 0 Å². The number of aryl methyl sites for hydroxylation is 1. The molecule has 0 fully saturated rings. The average molecular weight is 334 g/mol. The van der Waals surface area contributed by atoms with Crippen LogP contribution in [0.25, 0.3) is 21.7 Å².